The molecule has 162 valence electrons. The van der Waals surface area contributed by atoms with E-state index in [0.29, 0.717) is 26.3 Å². The van der Waals surface area contributed by atoms with E-state index < -0.39 is 0 Å². The minimum Gasteiger partial charge on any atom is -0.379 e. The van der Waals surface area contributed by atoms with E-state index in [4.69, 9.17) is 19.6 Å². The average molecular weight is 440 g/mol. The zero-order valence-corrected chi connectivity index (χ0v) is 18.1. The summed E-state index contributed by atoms with van der Waals surface area (Å²) in [5.41, 5.74) is 2.67. The lowest BCUT2D eigenvalue weighted by atomic mass is 10.1. The zero-order valence-electron chi connectivity index (χ0n) is 17.3. The molecule has 5 rings (SSSR count). The van der Waals surface area contributed by atoms with Crippen LogP contribution in [-0.2, 0) is 20.8 Å². The molecule has 2 saturated heterocycles. The molecule has 2 aromatic heterocycles. The van der Waals surface area contributed by atoms with Crippen molar-refractivity contribution in [3.8, 4) is 11.3 Å². The first kappa shape index (κ1) is 20.3. The minimum atomic E-state index is -0.0129. The van der Waals surface area contributed by atoms with E-state index in [9.17, 15) is 4.79 Å². The van der Waals surface area contributed by atoms with E-state index in [0.717, 1.165) is 59.8 Å². The third kappa shape index (κ3) is 4.54. The van der Waals surface area contributed by atoms with Crippen molar-refractivity contribution in [3.05, 3.63) is 47.1 Å². The standard InChI is InChI=1S/C22H25N5O3S/c28-20(26-10-14-30-15-11-26)7-6-18-21(17-4-2-1-3-5-17)23-22-27(18)24-19(31-22)16-25-8-12-29-13-9-25/h1-7H,8-16H2/b7-6+. The lowest BCUT2D eigenvalue weighted by Crippen LogP contribution is -2.39. The van der Waals surface area contributed by atoms with Crippen LogP contribution in [-0.4, -0.2) is 82.9 Å². The predicted molar refractivity (Wildman–Crippen MR) is 119 cm³/mol. The molecule has 0 radical (unpaired) electrons. The van der Waals surface area contributed by atoms with Gasteiger partial charge in [0.25, 0.3) is 0 Å². The van der Waals surface area contributed by atoms with Crippen LogP contribution in [0.5, 0.6) is 0 Å². The molecular weight excluding hydrogens is 414 g/mol. The fourth-order valence-electron chi connectivity index (χ4n) is 3.82. The smallest absolute Gasteiger partial charge is 0.246 e. The first-order valence-electron chi connectivity index (χ1n) is 10.6. The van der Waals surface area contributed by atoms with Gasteiger partial charge in [0.2, 0.25) is 10.9 Å². The van der Waals surface area contributed by atoms with E-state index in [2.05, 4.69) is 4.90 Å². The topological polar surface area (TPSA) is 72.2 Å². The number of aromatic nitrogens is 3. The molecule has 0 saturated carbocycles. The van der Waals surface area contributed by atoms with Gasteiger partial charge in [0.15, 0.2) is 0 Å². The van der Waals surface area contributed by atoms with Crippen molar-refractivity contribution in [1.82, 2.24) is 24.4 Å². The molecule has 0 aliphatic carbocycles. The monoisotopic (exact) mass is 439 g/mol. The Labute approximate surface area is 184 Å². The Hall–Kier alpha value is -2.59. The van der Waals surface area contributed by atoms with Gasteiger partial charge in [-0.25, -0.2) is 9.50 Å². The number of carbonyl (C=O) groups excluding carboxylic acids is 1. The molecule has 1 amide bonds. The molecule has 2 fully saturated rings. The van der Waals surface area contributed by atoms with E-state index in [1.54, 1.807) is 17.4 Å². The average Bonchev–Trinajstić information content (AvgIpc) is 3.37. The van der Waals surface area contributed by atoms with E-state index in [1.165, 1.54) is 0 Å². The number of carbonyl (C=O) groups is 1. The fraction of sp³-hybridized carbons (Fsp3) is 0.409. The quantitative estimate of drug-likeness (QED) is 0.568. The molecular formula is C22H25N5O3S. The molecule has 0 bridgehead atoms. The fourth-order valence-corrected chi connectivity index (χ4v) is 4.76. The Kier molecular flexibility index (Phi) is 6.08. The van der Waals surface area contributed by atoms with Gasteiger partial charge in [-0.05, 0) is 6.08 Å². The molecule has 2 aliphatic rings. The van der Waals surface area contributed by atoms with Crippen LogP contribution < -0.4 is 0 Å². The zero-order chi connectivity index (χ0) is 21.0. The minimum absolute atomic E-state index is 0.0129. The number of ether oxygens (including phenoxy) is 2. The maximum atomic E-state index is 12.7. The second kappa shape index (κ2) is 9.27. The van der Waals surface area contributed by atoms with Crippen LogP contribution in [0.1, 0.15) is 10.7 Å². The van der Waals surface area contributed by atoms with Crippen LogP contribution in [0.25, 0.3) is 22.3 Å². The molecule has 2 aliphatic heterocycles. The van der Waals surface area contributed by atoms with E-state index in [1.807, 2.05) is 45.8 Å². The molecule has 3 aromatic rings. The second-order valence-electron chi connectivity index (χ2n) is 7.56. The summed E-state index contributed by atoms with van der Waals surface area (Å²) in [4.78, 5) is 22.5. The summed E-state index contributed by atoms with van der Waals surface area (Å²) in [7, 11) is 0. The van der Waals surface area contributed by atoms with E-state index in [-0.39, 0.29) is 5.91 Å². The van der Waals surface area contributed by atoms with Crippen LogP contribution in [0.3, 0.4) is 0 Å². The molecule has 0 atom stereocenters. The maximum Gasteiger partial charge on any atom is 0.246 e. The number of hydrogen-bond donors (Lipinski definition) is 0. The number of fused-ring (bicyclic) bond motifs is 1. The van der Waals surface area contributed by atoms with Gasteiger partial charge in [-0.2, -0.15) is 5.10 Å². The number of rotatable bonds is 5. The molecule has 8 nitrogen and oxygen atoms in total. The number of amides is 1. The number of benzene rings is 1. The molecule has 31 heavy (non-hydrogen) atoms. The Morgan fingerprint density at radius 3 is 2.48 bits per heavy atom. The summed E-state index contributed by atoms with van der Waals surface area (Å²) in [6.07, 6.45) is 3.47. The molecule has 0 spiro atoms. The van der Waals surface area contributed by atoms with Crippen LogP contribution in [0, 0.1) is 0 Å². The highest BCUT2D eigenvalue weighted by Gasteiger charge is 2.20. The van der Waals surface area contributed by atoms with Crippen molar-refractivity contribution in [2.24, 2.45) is 0 Å². The third-order valence-corrected chi connectivity index (χ3v) is 6.39. The van der Waals surface area contributed by atoms with Gasteiger partial charge >= 0.3 is 0 Å². The summed E-state index contributed by atoms with van der Waals surface area (Å²) in [6.45, 7) is 6.56. The highest BCUT2D eigenvalue weighted by molar-refractivity contribution is 7.16. The number of imidazole rings is 1. The Balaban J connectivity index is 1.46. The van der Waals surface area contributed by atoms with Crippen LogP contribution in [0.15, 0.2) is 36.4 Å². The van der Waals surface area contributed by atoms with Crippen LogP contribution in [0.2, 0.25) is 0 Å². The second-order valence-corrected chi connectivity index (χ2v) is 8.60. The Morgan fingerprint density at radius 1 is 1.03 bits per heavy atom. The third-order valence-electron chi connectivity index (χ3n) is 5.50. The van der Waals surface area contributed by atoms with Crippen molar-refractivity contribution in [1.29, 1.82) is 0 Å². The van der Waals surface area contributed by atoms with Crippen molar-refractivity contribution >= 4 is 28.3 Å². The van der Waals surface area contributed by atoms with Gasteiger partial charge in [0.1, 0.15) is 5.01 Å². The molecule has 0 N–H and O–H groups in total. The lowest BCUT2D eigenvalue weighted by molar-refractivity contribution is -0.129. The largest absolute Gasteiger partial charge is 0.379 e. The van der Waals surface area contributed by atoms with Gasteiger partial charge in [-0.1, -0.05) is 41.7 Å². The molecule has 1 aromatic carbocycles. The first-order valence-corrected chi connectivity index (χ1v) is 11.4. The van der Waals surface area contributed by atoms with Crippen LogP contribution >= 0.6 is 11.3 Å². The summed E-state index contributed by atoms with van der Waals surface area (Å²) in [6, 6.07) is 10.0. The number of morpholine rings is 2. The van der Waals surface area contributed by atoms with Gasteiger partial charge in [0, 0.05) is 37.8 Å². The molecule has 9 heteroatoms. The van der Waals surface area contributed by atoms with Crippen molar-refractivity contribution in [2.45, 2.75) is 6.54 Å². The van der Waals surface area contributed by atoms with Crippen LogP contribution in [0.4, 0.5) is 0 Å². The summed E-state index contributed by atoms with van der Waals surface area (Å²) in [5, 5.41) is 5.85. The summed E-state index contributed by atoms with van der Waals surface area (Å²) >= 11 is 1.60. The number of nitrogens with zero attached hydrogens (tertiary/aromatic N) is 5. The molecule has 4 heterocycles. The summed E-state index contributed by atoms with van der Waals surface area (Å²) in [5.74, 6) is -0.0129. The molecule has 0 unspecified atom stereocenters. The lowest BCUT2D eigenvalue weighted by Gasteiger charge is -2.25. The predicted octanol–water partition coefficient (Wildman–Crippen LogP) is 2.16. The van der Waals surface area contributed by atoms with Gasteiger partial charge < -0.3 is 14.4 Å². The Bertz CT molecular complexity index is 1070. The van der Waals surface area contributed by atoms with E-state index >= 15 is 0 Å². The van der Waals surface area contributed by atoms with Gasteiger partial charge in [-0.3, -0.25) is 9.69 Å². The normalized spacial score (nSPS) is 18.3. The van der Waals surface area contributed by atoms with Gasteiger partial charge in [-0.15, -0.1) is 0 Å². The SMILES string of the molecule is O=C(/C=C/c1c(-c2ccccc2)nc2sc(CN3CCOCC3)nn12)N1CCOCC1. The summed E-state index contributed by atoms with van der Waals surface area (Å²) < 4.78 is 12.7. The van der Waals surface area contributed by atoms with Crippen molar-refractivity contribution < 1.29 is 14.3 Å². The van der Waals surface area contributed by atoms with Crippen molar-refractivity contribution in [3.63, 3.8) is 0 Å². The van der Waals surface area contributed by atoms with Gasteiger partial charge in [0.05, 0.1) is 44.4 Å². The highest BCUT2D eigenvalue weighted by Crippen LogP contribution is 2.28. The maximum absolute atomic E-state index is 12.7. The Morgan fingerprint density at radius 2 is 1.74 bits per heavy atom. The number of hydrogen-bond acceptors (Lipinski definition) is 7. The first-order chi connectivity index (χ1) is 15.3. The highest BCUT2D eigenvalue weighted by atomic mass is 32.1. The van der Waals surface area contributed by atoms with Crippen molar-refractivity contribution in [2.75, 3.05) is 52.6 Å².